The fourth-order valence-corrected chi connectivity index (χ4v) is 8.29. The molecule has 0 bridgehead atoms. The van der Waals surface area contributed by atoms with Gasteiger partial charge in [0.2, 0.25) is 5.89 Å². The Morgan fingerprint density at radius 1 is 0.472 bits per heavy atom. The van der Waals surface area contributed by atoms with Crippen LogP contribution in [-0.4, -0.2) is 4.98 Å². The van der Waals surface area contributed by atoms with Gasteiger partial charge in [0.15, 0.2) is 5.58 Å². The highest BCUT2D eigenvalue weighted by atomic mass is 16.3. The number of rotatable bonds is 6. The first-order valence-corrected chi connectivity index (χ1v) is 18.2. The summed E-state index contributed by atoms with van der Waals surface area (Å²) in [5.74, 6) is 0.631. The van der Waals surface area contributed by atoms with E-state index in [4.69, 9.17) is 9.40 Å². The summed E-state index contributed by atoms with van der Waals surface area (Å²) in [6.07, 6.45) is 0. The highest BCUT2D eigenvalue weighted by molar-refractivity contribution is 6.12. The summed E-state index contributed by atoms with van der Waals surface area (Å²) in [5, 5.41) is 2.22. The molecule has 0 saturated heterocycles. The van der Waals surface area contributed by atoms with E-state index < -0.39 is 0 Å². The Labute approximate surface area is 309 Å². The van der Waals surface area contributed by atoms with Crippen LogP contribution in [0.5, 0.6) is 0 Å². The molecule has 0 atom stereocenters. The van der Waals surface area contributed by atoms with Gasteiger partial charge in [0.1, 0.15) is 5.52 Å². The van der Waals surface area contributed by atoms with Crippen molar-refractivity contribution >= 4 is 38.9 Å². The number of hydrogen-bond acceptors (Lipinski definition) is 3. The van der Waals surface area contributed by atoms with Gasteiger partial charge in [-0.1, -0.05) is 147 Å². The lowest BCUT2D eigenvalue weighted by molar-refractivity contribution is 0.620. The molecule has 0 amide bonds. The van der Waals surface area contributed by atoms with Crippen molar-refractivity contribution in [2.75, 3.05) is 4.90 Å². The van der Waals surface area contributed by atoms with Gasteiger partial charge in [0, 0.05) is 33.3 Å². The van der Waals surface area contributed by atoms with Crippen molar-refractivity contribution in [3.63, 3.8) is 0 Å². The third-order valence-corrected chi connectivity index (χ3v) is 10.9. The minimum Gasteiger partial charge on any atom is -0.436 e. The van der Waals surface area contributed by atoms with E-state index in [2.05, 4.69) is 164 Å². The Morgan fingerprint density at radius 3 is 1.89 bits per heavy atom. The minimum absolute atomic E-state index is 0.113. The Balaban J connectivity index is 1.13. The number of fused-ring (bicyclic) bond motifs is 6. The SMILES string of the molecule is CC1(C)c2ccccc2-c2ccc(N(c3ccc(-c4cccc5ccc6oc(-c7ccccc7)nc6c45)cc3)c3ccccc3-c3ccccc3)cc21. The van der Waals surface area contributed by atoms with Gasteiger partial charge in [-0.3, -0.25) is 0 Å². The molecule has 8 aromatic carbocycles. The lowest BCUT2D eigenvalue weighted by Crippen LogP contribution is -2.16. The van der Waals surface area contributed by atoms with Crippen molar-refractivity contribution in [3.8, 4) is 44.8 Å². The van der Waals surface area contributed by atoms with Crippen LogP contribution in [0, 0.1) is 0 Å². The number of oxazole rings is 1. The second-order valence-electron chi connectivity index (χ2n) is 14.4. The molecule has 0 fully saturated rings. The van der Waals surface area contributed by atoms with Crippen molar-refractivity contribution in [1.29, 1.82) is 0 Å². The molecule has 1 aliphatic rings. The predicted molar refractivity (Wildman–Crippen MR) is 220 cm³/mol. The van der Waals surface area contributed by atoms with Gasteiger partial charge < -0.3 is 9.32 Å². The maximum Gasteiger partial charge on any atom is 0.227 e. The number of para-hydroxylation sites is 1. The Hall–Kier alpha value is -6.71. The van der Waals surface area contributed by atoms with Crippen LogP contribution in [0.4, 0.5) is 17.1 Å². The van der Waals surface area contributed by atoms with Gasteiger partial charge in [-0.2, -0.15) is 0 Å². The molecule has 0 saturated carbocycles. The third kappa shape index (κ3) is 5.08. The van der Waals surface area contributed by atoms with E-state index in [0.717, 1.165) is 55.6 Å². The summed E-state index contributed by atoms with van der Waals surface area (Å²) in [6, 6.07) is 65.0. The van der Waals surface area contributed by atoms with E-state index in [1.165, 1.54) is 33.4 Å². The molecular formula is C50H36N2O. The summed E-state index contributed by atoms with van der Waals surface area (Å²) in [4.78, 5) is 7.45. The summed E-state index contributed by atoms with van der Waals surface area (Å²) >= 11 is 0. The molecule has 3 heteroatoms. The number of anilines is 3. The zero-order valence-electron chi connectivity index (χ0n) is 29.6. The van der Waals surface area contributed by atoms with E-state index >= 15 is 0 Å². The van der Waals surface area contributed by atoms with Crippen LogP contribution in [0.25, 0.3) is 66.7 Å². The van der Waals surface area contributed by atoms with Gasteiger partial charge >= 0.3 is 0 Å². The molecule has 10 rings (SSSR count). The molecule has 0 N–H and O–H groups in total. The van der Waals surface area contributed by atoms with Crippen molar-refractivity contribution in [1.82, 2.24) is 4.98 Å². The highest BCUT2D eigenvalue weighted by Crippen LogP contribution is 2.51. The topological polar surface area (TPSA) is 29.3 Å². The quantitative estimate of drug-likeness (QED) is 0.175. The molecule has 1 heterocycles. The van der Waals surface area contributed by atoms with E-state index in [-0.39, 0.29) is 5.41 Å². The van der Waals surface area contributed by atoms with Gasteiger partial charge in [0.05, 0.1) is 5.69 Å². The molecule has 0 unspecified atom stereocenters. The molecule has 252 valence electrons. The van der Waals surface area contributed by atoms with Gasteiger partial charge in [-0.25, -0.2) is 4.98 Å². The maximum atomic E-state index is 6.30. The zero-order chi connectivity index (χ0) is 35.5. The van der Waals surface area contributed by atoms with Gasteiger partial charge in [0.25, 0.3) is 0 Å². The maximum absolute atomic E-state index is 6.30. The Bertz CT molecular complexity index is 2800. The average Bonchev–Trinajstić information content (AvgIpc) is 3.76. The Kier molecular flexibility index (Phi) is 7.16. The standard InChI is InChI=1S/C50H36N2O/c1-50(2)43-22-11-9-20-41(43)42-30-29-38(32-44(42)50)52(45-23-12-10-19-39(45)33-14-5-3-6-15-33)37-27-24-34(25-28-37)40-21-13-18-35-26-31-46-48(47(35)40)51-49(53-46)36-16-7-4-8-17-36/h3-32H,1-2H3. The number of benzene rings is 8. The van der Waals surface area contributed by atoms with Crippen LogP contribution in [0.1, 0.15) is 25.0 Å². The van der Waals surface area contributed by atoms with Crippen molar-refractivity contribution in [2.45, 2.75) is 19.3 Å². The summed E-state index contributed by atoms with van der Waals surface area (Å²) in [5.41, 5.74) is 15.8. The largest absolute Gasteiger partial charge is 0.436 e. The zero-order valence-corrected chi connectivity index (χ0v) is 29.6. The van der Waals surface area contributed by atoms with Crippen molar-refractivity contribution in [2.24, 2.45) is 0 Å². The first kappa shape index (κ1) is 31.1. The lowest BCUT2D eigenvalue weighted by Gasteiger charge is -2.30. The molecule has 9 aromatic rings. The smallest absolute Gasteiger partial charge is 0.227 e. The predicted octanol–water partition coefficient (Wildman–Crippen LogP) is 13.8. The number of hydrogen-bond donors (Lipinski definition) is 0. The fraction of sp³-hybridized carbons (Fsp3) is 0.0600. The van der Waals surface area contributed by atoms with Crippen LogP contribution in [0.3, 0.4) is 0 Å². The number of aromatic nitrogens is 1. The van der Waals surface area contributed by atoms with E-state index in [1.54, 1.807) is 0 Å². The first-order valence-electron chi connectivity index (χ1n) is 18.2. The molecule has 3 nitrogen and oxygen atoms in total. The second kappa shape index (κ2) is 12.2. The van der Waals surface area contributed by atoms with Gasteiger partial charge in [-0.15, -0.1) is 0 Å². The minimum atomic E-state index is -0.113. The Morgan fingerprint density at radius 2 is 1.09 bits per heavy atom. The highest BCUT2D eigenvalue weighted by Gasteiger charge is 2.36. The van der Waals surface area contributed by atoms with Crippen molar-refractivity contribution < 1.29 is 4.42 Å². The molecular weight excluding hydrogens is 645 g/mol. The summed E-state index contributed by atoms with van der Waals surface area (Å²) in [6.45, 7) is 4.69. The van der Waals surface area contributed by atoms with Gasteiger partial charge in [-0.05, 0) is 92.9 Å². The summed E-state index contributed by atoms with van der Waals surface area (Å²) < 4.78 is 6.30. The normalized spacial score (nSPS) is 12.9. The van der Waals surface area contributed by atoms with E-state index in [0.29, 0.717) is 5.89 Å². The van der Waals surface area contributed by atoms with E-state index in [1.807, 2.05) is 36.4 Å². The average molecular weight is 681 g/mol. The fourth-order valence-electron chi connectivity index (χ4n) is 8.29. The molecule has 53 heavy (non-hydrogen) atoms. The molecule has 0 aliphatic heterocycles. The molecule has 0 radical (unpaired) electrons. The molecule has 1 aliphatic carbocycles. The monoisotopic (exact) mass is 680 g/mol. The first-order chi connectivity index (χ1) is 26.0. The van der Waals surface area contributed by atoms with Crippen molar-refractivity contribution in [3.05, 3.63) is 193 Å². The van der Waals surface area contributed by atoms with E-state index in [9.17, 15) is 0 Å². The second-order valence-corrected chi connectivity index (χ2v) is 14.4. The number of nitrogens with zero attached hydrogens (tertiary/aromatic N) is 2. The van der Waals surface area contributed by atoms with Crippen LogP contribution >= 0.6 is 0 Å². The van der Waals surface area contributed by atoms with Crippen LogP contribution < -0.4 is 4.90 Å². The van der Waals surface area contributed by atoms with Crippen LogP contribution in [-0.2, 0) is 5.41 Å². The van der Waals surface area contributed by atoms with Crippen LogP contribution in [0.15, 0.2) is 186 Å². The summed E-state index contributed by atoms with van der Waals surface area (Å²) in [7, 11) is 0. The molecule has 1 aromatic heterocycles. The lowest BCUT2D eigenvalue weighted by atomic mass is 9.82. The molecule has 0 spiro atoms. The van der Waals surface area contributed by atoms with Crippen LogP contribution in [0.2, 0.25) is 0 Å². The third-order valence-electron chi connectivity index (χ3n) is 10.9.